The Bertz CT molecular complexity index is 846. The Morgan fingerprint density at radius 2 is 2.05 bits per heavy atom. The first-order valence-corrected chi connectivity index (χ1v) is 7.57. The van der Waals surface area contributed by atoms with Crippen LogP contribution in [0.3, 0.4) is 0 Å². The Morgan fingerprint density at radius 3 is 2.73 bits per heavy atom. The lowest BCUT2D eigenvalue weighted by Gasteiger charge is -2.07. The van der Waals surface area contributed by atoms with Crippen LogP contribution in [0.5, 0.6) is 5.75 Å². The SMILES string of the molecule is COc1ccc(C(=O)Nc2cc(Cl)c3nc(N)sc3c2)cc1. The van der Waals surface area contributed by atoms with Crippen LogP contribution in [0, 0.1) is 0 Å². The zero-order valence-electron chi connectivity index (χ0n) is 11.6. The third kappa shape index (κ3) is 2.84. The van der Waals surface area contributed by atoms with Crippen LogP contribution in [-0.2, 0) is 0 Å². The fraction of sp³-hybridized carbons (Fsp3) is 0.0667. The Balaban J connectivity index is 1.86. The van der Waals surface area contributed by atoms with Gasteiger partial charge in [-0.2, -0.15) is 0 Å². The highest BCUT2D eigenvalue weighted by Gasteiger charge is 2.11. The summed E-state index contributed by atoms with van der Waals surface area (Å²) >= 11 is 7.49. The molecule has 0 atom stereocenters. The predicted molar refractivity (Wildman–Crippen MR) is 90.0 cm³/mol. The predicted octanol–water partition coefficient (Wildman–Crippen LogP) is 3.79. The van der Waals surface area contributed by atoms with E-state index in [9.17, 15) is 4.79 Å². The lowest BCUT2D eigenvalue weighted by atomic mass is 10.2. The minimum absolute atomic E-state index is 0.226. The molecule has 0 saturated heterocycles. The first-order valence-electron chi connectivity index (χ1n) is 6.38. The Morgan fingerprint density at radius 1 is 1.32 bits per heavy atom. The van der Waals surface area contributed by atoms with E-state index in [1.165, 1.54) is 11.3 Å². The van der Waals surface area contributed by atoms with E-state index in [1.807, 2.05) is 0 Å². The van der Waals surface area contributed by atoms with Gasteiger partial charge in [0.05, 0.1) is 16.8 Å². The zero-order chi connectivity index (χ0) is 15.7. The number of hydrogen-bond donors (Lipinski definition) is 2. The standard InChI is InChI=1S/C15H12ClN3O2S/c1-21-10-4-2-8(3-5-10)14(20)18-9-6-11(16)13-12(7-9)22-15(17)19-13/h2-7H,1H3,(H2,17,19)(H,18,20). The Hall–Kier alpha value is -2.31. The molecule has 0 aliphatic heterocycles. The van der Waals surface area contributed by atoms with E-state index in [4.69, 9.17) is 22.1 Å². The van der Waals surface area contributed by atoms with Crippen molar-refractivity contribution in [1.29, 1.82) is 0 Å². The number of nitrogen functional groups attached to an aromatic ring is 1. The van der Waals surface area contributed by atoms with Gasteiger partial charge in [0, 0.05) is 11.3 Å². The number of benzene rings is 2. The number of anilines is 2. The molecule has 0 aliphatic carbocycles. The van der Waals surface area contributed by atoms with E-state index < -0.39 is 0 Å². The average Bonchev–Trinajstić information content (AvgIpc) is 2.88. The van der Waals surface area contributed by atoms with Gasteiger partial charge in [0.1, 0.15) is 11.3 Å². The van der Waals surface area contributed by atoms with Crippen LogP contribution < -0.4 is 15.8 Å². The van der Waals surface area contributed by atoms with Gasteiger partial charge in [-0.1, -0.05) is 22.9 Å². The Labute approximate surface area is 135 Å². The number of nitrogens with two attached hydrogens (primary N) is 1. The van der Waals surface area contributed by atoms with Crippen molar-refractivity contribution >= 4 is 49.9 Å². The number of rotatable bonds is 3. The second-order valence-corrected chi connectivity index (χ2v) is 6.01. The van der Waals surface area contributed by atoms with Gasteiger partial charge in [0.15, 0.2) is 5.13 Å². The molecule has 7 heteroatoms. The number of amides is 1. The van der Waals surface area contributed by atoms with Crippen molar-refractivity contribution in [3.8, 4) is 5.75 Å². The molecule has 112 valence electrons. The van der Waals surface area contributed by atoms with E-state index in [0.717, 1.165) is 4.70 Å². The summed E-state index contributed by atoms with van der Waals surface area (Å²) < 4.78 is 5.90. The number of carbonyl (C=O) groups excluding carboxylic acids is 1. The summed E-state index contributed by atoms with van der Waals surface area (Å²) in [6.07, 6.45) is 0. The molecule has 0 unspecified atom stereocenters. The van der Waals surface area contributed by atoms with Crippen molar-refractivity contribution in [2.24, 2.45) is 0 Å². The van der Waals surface area contributed by atoms with Crippen LogP contribution >= 0.6 is 22.9 Å². The van der Waals surface area contributed by atoms with Gasteiger partial charge in [-0.05, 0) is 36.4 Å². The van der Waals surface area contributed by atoms with E-state index in [1.54, 1.807) is 43.5 Å². The number of aromatic nitrogens is 1. The smallest absolute Gasteiger partial charge is 0.255 e. The zero-order valence-corrected chi connectivity index (χ0v) is 13.2. The lowest BCUT2D eigenvalue weighted by molar-refractivity contribution is 0.102. The summed E-state index contributed by atoms with van der Waals surface area (Å²) in [6, 6.07) is 10.3. The summed E-state index contributed by atoms with van der Waals surface area (Å²) in [6.45, 7) is 0. The topological polar surface area (TPSA) is 77.2 Å². The van der Waals surface area contributed by atoms with Crippen molar-refractivity contribution in [1.82, 2.24) is 4.98 Å². The van der Waals surface area contributed by atoms with Crippen LogP contribution in [0.1, 0.15) is 10.4 Å². The first kappa shape index (κ1) is 14.6. The van der Waals surface area contributed by atoms with Gasteiger partial charge >= 0.3 is 0 Å². The molecule has 3 rings (SSSR count). The van der Waals surface area contributed by atoms with Crippen LogP contribution in [-0.4, -0.2) is 18.0 Å². The summed E-state index contributed by atoms with van der Waals surface area (Å²) in [5, 5.41) is 3.71. The number of nitrogens with one attached hydrogen (secondary N) is 1. The molecule has 1 heterocycles. The van der Waals surface area contributed by atoms with Crippen molar-refractivity contribution < 1.29 is 9.53 Å². The molecule has 3 aromatic rings. The molecule has 22 heavy (non-hydrogen) atoms. The number of hydrogen-bond acceptors (Lipinski definition) is 5. The van der Waals surface area contributed by atoms with Gasteiger partial charge in [-0.3, -0.25) is 4.79 Å². The quantitative estimate of drug-likeness (QED) is 0.764. The number of fused-ring (bicyclic) bond motifs is 1. The molecule has 3 N–H and O–H groups in total. The minimum Gasteiger partial charge on any atom is -0.497 e. The molecule has 0 fully saturated rings. The van der Waals surface area contributed by atoms with Gasteiger partial charge in [-0.15, -0.1) is 0 Å². The second-order valence-electron chi connectivity index (χ2n) is 4.54. The highest BCUT2D eigenvalue weighted by Crippen LogP contribution is 2.32. The molecule has 0 saturated carbocycles. The van der Waals surface area contributed by atoms with Crippen LogP contribution in [0.25, 0.3) is 10.2 Å². The monoisotopic (exact) mass is 333 g/mol. The minimum atomic E-state index is -0.226. The largest absolute Gasteiger partial charge is 0.497 e. The molecule has 1 amide bonds. The third-order valence-electron chi connectivity index (χ3n) is 3.08. The molecular weight excluding hydrogens is 322 g/mol. The number of carbonyl (C=O) groups is 1. The fourth-order valence-electron chi connectivity index (χ4n) is 2.02. The van der Waals surface area contributed by atoms with Crippen molar-refractivity contribution in [3.63, 3.8) is 0 Å². The maximum atomic E-state index is 12.2. The van der Waals surface area contributed by atoms with Gasteiger partial charge in [0.2, 0.25) is 0 Å². The van der Waals surface area contributed by atoms with E-state index >= 15 is 0 Å². The maximum Gasteiger partial charge on any atom is 0.255 e. The van der Waals surface area contributed by atoms with Crippen LogP contribution in [0.4, 0.5) is 10.8 Å². The molecule has 0 bridgehead atoms. The van der Waals surface area contributed by atoms with Crippen LogP contribution in [0.15, 0.2) is 36.4 Å². The van der Waals surface area contributed by atoms with E-state index in [0.29, 0.717) is 32.7 Å². The van der Waals surface area contributed by atoms with E-state index in [-0.39, 0.29) is 5.91 Å². The molecular formula is C15H12ClN3O2S. The summed E-state index contributed by atoms with van der Waals surface area (Å²) in [4.78, 5) is 16.4. The highest BCUT2D eigenvalue weighted by molar-refractivity contribution is 7.22. The van der Waals surface area contributed by atoms with Crippen molar-refractivity contribution in [3.05, 3.63) is 47.0 Å². The molecule has 0 aliphatic rings. The number of nitrogens with zero attached hydrogens (tertiary/aromatic N) is 1. The number of halogens is 1. The number of ether oxygens (including phenoxy) is 1. The first-order chi connectivity index (χ1) is 10.6. The average molecular weight is 334 g/mol. The van der Waals surface area contributed by atoms with Gasteiger partial charge in [0.25, 0.3) is 5.91 Å². The van der Waals surface area contributed by atoms with Gasteiger partial charge in [-0.25, -0.2) is 4.98 Å². The normalized spacial score (nSPS) is 10.6. The fourth-order valence-corrected chi connectivity index (χ4v) is 3.14. The highest BCUT2D eigenvalue weighted by atomic mass is 35.5. The number of methoxy groups -OCH3 is 1. The summed E-state index contributed by atoms with van der Waals surface area (Å²) in [5.41, 5.74) is 7.45. The summed E-state index contributed by atoms with van der Waals surface area (Å²) in [5.74, 6) is 0.469. The van der Waals surface area contributed by atoms with Gasteiger partial charge < -0.3 is 15.8 Å². The summed E-state index contributed by atoms with van der Waals surface area (Å²) in [7, 11) is 1.58. The van der Waals surface area contributed by atoms with Crippen molar-refractivity contribution in [2.45, 2.75) is 0 Å². The van der Waals surface area contributed by atoms with E-state index in [2.05, 4.69) is 10.3 Å². The molecule has 1 aromatic heterocycles. The lowest BCUT2D eigenvalue weighted by Crippen LogP contribution is -2.11. The molecule has 0 radical (unpaired) electrons. The second kappa shape index (κ2) is 5.82. The number of thiazole rings is 1. The van der Waals surface area contributed by atoms with Crippen LogP contribution in [0.2, 0.25) is 5.02 Å². The molecule has 0 spiro atoms. The Kier molecular flexibility index (Phi) is 3.87. The van der Waals surface area contributed by atoms with Crippen molar-refractivity contribution in [2.75, 3.05) is 18.2 Å². The molecule has 2 aromatic carbocycles. The third-order valence-corrected chi connectivity index (χ3v) is 4.19. The maximum absolute atomic E-state index is 12.2. The molecule has 5 nitrogen and oxygen atoms in total.